The van der Waals surface area contributed by atoms with E-state index in [1.54, 1.807) is 6.07 Å². The van der Waals surface area contributed by atoms with Crippen LogP contribution in [-0.4, -0.2) is 22.3 Å². The minimum atomic E-state index is -0.321. The second-order valence-corrected chi connectivity index (χ2v) is 11.2. The summed E-state index contributed by atoms with van der Waals surface area (Å²) in [6.07, 6.45) is 7.95. The minimum absolute atomic E-state index is 0.00306. The van der Waals surface area contributed by atoms with Gasteiger partial charge >= 0.3 is 0 Å². The second-order valence-electron chi connectivity index (χ2n) is 9.57. The monoisotopic (exact) mass is 498 g/mol. The predicted octanol–water partition coefficient (Wildman–Crippen LogP) is 5.07. The molecule has 1 aromatic carbocycles. The van der Waals surface area contributed by atoms with Crippen LogP contribution in [0.1, 0.15) is 57.9 Å². The summed E-state index contributed by atoms with van der Waals surface area (Å²) < 4.78 is 0.619. The Morgan fingerprint density at radius 3 is 2.37 bits per heavy atom. The van der Waals surface area contributed by atoms with Gasteiger partial charge in [0.15, 0.2) is 0 Å². The summed E-state index contributed by atoms with van der Waals surface area (Å²) in [5, 5.41) is 24.0. The molecule has 4 aliphatic carbocycles. The Morgan fingerprint density at radius 2 is 1.78 bits per heavy atom. The number of carbonyl (C=O) groups excluding carboxylic acids is 1. The Morgan fingerprint density at radius 1 is 1.15 bits per heavy atom. The summed E-state index contributed by atoms with van der Waals surface area (Å²) in [5.41, 5.74) is 3.34. The number of amides is 1. The zero-order valence-electron chi connectivity index (χ0n) is 15.5. The Bertz CT molecular complexity index is 836. The van der Waals surface area contributed by atoms with E-state index in [2.05, 4.69) is 56.2 Å². The zero-order chi connectivity index (χ0) is 19.6. The molecule has 2 atom stereocenters. The number of hydrogen-bond acceptors (Lipinski definition) is 4. The Balaban J connectivity index is 1.53. The van der Waals surface area contributed by atoms with Crippen molar-refractivity contribution < 1.29 is 15.0 Å². The molecule has 0 saturated heterocycles. The van der Waals surface area contributed by atoms with Crippen LogP contribution in [0.15, 0.2) is 20.1 Å². The van der Waals surface area contributed by atoms with Crippen LogP contribution >= 0.6 is 31.9 Å². The first-order chi connectivity index (χ1) is 12.5. The quantitative estimate of drug-likeness (QED) is 0.401. The topological polar surface area (TPSA) is 81.9 Å². The number of nitrogens with zero attached hydrogens (tertiary/aromatic N) is 1. The third-order valence-electron chi connectivity index (χ3n) is 6.68. The molecule has 0 spiro atoms. The molecule has 0 aromatic heterocycles. The molecule has 146 valence electrons. The summed E-state index contributed by atoms with van der Waals surface area (Å²) in [5.74, 6) is 0.433. The van der Waals surface area contributed by atoms with E-state index in [1.807, 2.05) is 0 Å². The van der Waals surface area contributed by atoms with E-state index in [-0.39, 0.29) is 38.1 Å². The van der Waals surface area contributed by atoms with Gasteiger partial charge in [0.1, 0.15) is 16.0 Å². The first-order valence-electron chi connectivity index (χ1n) is 9.28. The van der Waals surface area contributed by atoms with Gasteiger partial charge in [-0.05, 0) is 93.2 Å². The molecule has 5 nitrogen and oxygen atoms in total. The smallest absolute Gasteiger partial charge is 0.246 e. The lowest BCUT2D eigenvalue weighted by atomic mass is 9.40. The van der Waals surface area contributed by atoms with Gasteiger partial charge in [0.2, 0.25) is 5.91 Å². The van der Waals surface area contributed by atoms with E-state index in [4.69, 9.17) is 0 Å². The van der Waals surface area contributed by atoms with Crippen molar-refractivity contribution in [2.75, 3.05) is 0 Å². The zero-order valence-corrected chi connectivity index (χ0v) is 18.7. The molecule has 4 bridgehead atoms. The van der Waals surface area contributed by atoms with Gasteiger partial charge in [0, 0.05) is 5.56 Å². The molecule has 27 heavy (non-hydrogen) atoms. The van der Waals surface area contributed by atoms with Crippen molar-refractivity contribution in [3.8, 4) is 11.5 Å². The lowest BCUT2D eigenvalue weighted by Gasteiger charge is -2.64. The van der Waals surface area contributed by atoms with E-state index in [0.29, 0.717) is 16.0 Å². The van der Waals surface area contributed by atoms with Crippen molar-refractivity contribution in [3.05, 3.63) is 20.6 Å². The summed E-state index contributed by atoms with van der Waals surface area (Å²) >= 11 is 6.37. The highest BCUT2D eigenvalue weighted by Crippen LogP contribution is 2.69. The fraction of sp³-hybridized carbons (Fsp3) is 0.600. The van der Waals surface area contributed by atoms with Crippen molar-refractivity contribution >= 4 is 44.0 Å². The summed E-state index contributed by atoms with van der Waals surface area (Å²) in [4.78, 5) is 13.1. The highest BCUT2D eigenvalue weighted by atomic mass is 79.9. The van der Waals surface area contributed by atoms with Crippen molar-refractivity contribution in [1.29, 1.82) is 0 Å². The Labute approximate surface area is 175 Å². The van der Waals surface area contributed by atoms with E-state index in [0.717, 1.165) is 19.3 Å². The minimum Gasteiger partial charge on any atom is -0.506 e. The van der Waals surface area contributed by atoms with Gasteiger partial charge in [-0.2, -0.15) is 5.10 Å². The van der Waals surface area contributed by atoms with Gasteiger partial charge in [-0.1, -0.05) is 13.8 Å². The highest BCUT2D eigenvalue weighted by molar-refractivity contribution is 9.11. The molecule has 0 unspecified atom stereocenters. The van der Waals surface area contributed by atoms with Crippen LogP contribution < -0.4 is 5.43 Å². The summed E-state index contributed by atoms with van der Waals surface area (Å²) in [7, 11) is 0. The van der Waals surface area contributed by atoms with Crippen LogP contribution in [0.25, 0.3) is 0 Å². The number of phenols is 2. The maximum atomic E-state index is 13.1. The Kier molecular flexibility index (Phi) is 4.43. The van der Waals surface area contributed by atoms with Gasteiger partial charge < -0.3 is 10.2 Å². The average molecular weight is 500 g/mol. The van der Waals surface area contributed by atoms with Crippen molar-refractivity contribution in [2.24, 2.45) is 27.3 Å². The first-order valence-corrected chi connectivity index (χ1v) is 10.9. The van der Waals surface area contributed by atoms with Crippen molar-refractivity contribution in [1.82, 2.24) is 5.43 Å². The molecule has 0 radical (unpaired) electrons. The first kappa shape index (κ1) is 19.2. The van der Waals surface area contributed by atoms with Gasteiger partial charge in [0.25, 0.3) is 0 Å². The van der Waals surface area contributed by atoms with Gasteiger partial charge in [-0.25, -0.2) is 5.43 Å². The number of hydrazone groups is 1. The van der Waals surface area contributed by atoms with Crippen LogP contribution in [-0.2, 0) is 4.79 Å². The average Bonchev–Trinajstić information content (AvgIpc) is 2.54. The predicted molar refractivity (Wildman–Crippen MR) is 111 cm³/mol. The van der Waals surface area contributed by atoms with E-state index in [9.17, 15) is 15.0 Å². The number of hydrogen-bond donors (Lipinski definition) is 3. The molecular weight excluding hydrogens is 476 g/mol. The molecule has 4 fully saturated rings. The number of nitrogens with one attached hydrogen (secondary N) is 1. The molecule has 0 heterocycles. The third-order valence-corrected chi connectivity index (χ3v) is 8.03. The maximum Gasteiger partial charge on any atom is 0.246 e. The van der Waals surface area contributed by atoms with Gasteiger partial charge in [-0.3, -0.25) is 4.79 Å². The van der Waals surface area contributed by atoms with Crippen LogP contribution in [0.3, 0.4) is 0 Å². The molecule has 7 heteroatoms. The molecule has 0 aliphatic heterocycles. The van der Waals surface area contributed by atoms with E-state index >= 15 is 0 Å². The fourth-order valence-corrected chi connectivity index (χ4v) is 7.85. The molecule has 1 aromatic rings. The molecule has 1 amide bonds. The van der Waals surface area contributed by atoms with E-state index in [1.165, 1.54) is 25.5 Å². The van der Waals surface area contributed by atoms with Gasteiger partial charge in [0.05, 0.1) is 16.1 Å². The van der Waals surface area contributed by atoms with Crippen LogP contribution in [0.2, 0.25) is 0 Å². The fourth-order valence-electron chi connectivity index (χ4n) is 6.70. The highest BCUT2D eigenvalue weighted by Gasteiger charge is 2.62. The van der Waals surface area contributed by atoms with Gasteiger partial charge in [-0.15, -0.1) is 0 Å². The number of aromatic hydroxyl groups is 2. The number of phenolic OH excluding ortho intramolecular Hbond substituents is 2. The SMILES string of the molecule is C[C@]12CC3CC(C(=O)N/N=C\c4cc(Br)c(O)c(Br)c4O)(C1)C[C@](C)(C3)C2. The lowest BCUT2D eigenvalue weighted by Crippen LogP contribution is -2.59. The molecule has 5 rings (SSSR count). The summed E-state index contributed by atoms with van der Waals surface area (Å²) in [6.45, 7) is 4.68. The number of halogens is 2. The second kappa shape index (κ2) is 6.21. The number of benzene rings is 1. The maximum absolute atomic E-state index is 13.1. The van der Waals surface area contributed by atoms with Crippen molar-refractivity contribution in [3.63, 3.8) is 0 Å². The standard InChI is InChI=1S/C20H24Br2N2O3/c1-18-4-11-5-19(2,8-18)10-20(6-11,9-18)17(27)24-23-7-12-3-13(21)16(26)14(22)15(12)25/h3,7,11,25-26H,4-6,8-10H2,1-2H3,(H,24,27)/b23-7-/t11?,18-,19-,20?/m1/s1. The van der Waals surface area contributed by atoms with Crippen LogP contribution in [0, 0.1) is 22.2 Å². The van der Waals surface area contributed by atoms with Crippen molar-refractivity contribution in [2.45, 2.75) is 52.4 Å². The Hall–Kier alpha value is -1.08. The van der Waals surface area contributed by atoms with Crippen LogP contribution in [0.4, 0.5) is 0 Å². The summed E-state index contributed by atoms with van der Waals surface area (Å²) in [6, 6.07) is 1.55. The number of rotatable bonds is 3. The number of carbonyl (C=O) groups is 1. The molecule has 4 aliphatic rings. The molecule has 3 N–H and O–H groups in total. The van der Waals surface area contributed by atoms with E-state index < -0.39 is 0 Å². The molecular formula is C20H24Br2N2O3. The molecule has 4 saturated carbocycles. The normalized spacial score (nSPS) is 37.1. The largest absolute Gasteiger partial charge is 0.506 e. The lowest BCUT2D eigenvalue weighted by molar-refractivity contribution is -0.170. The van der Waals surface area contributed by atoms with Crippen LogP contribution in [0.5, 0.6) is 11.5 Å². The third kappa shape index (κ3) is 3.20.